The van der Waals surface area contributed by atoms with E-state index in [1.54, 1.807) is 24.3 Å². The van der Waals surface area contributed by atoms with Gasteiger partial charge in [-0.05, 0) is 29.8 Å². The van der Waals surface area contributed by atoms with E-state index in [1.165, 1.54) is 12.1 Å². The molecule has 1 unspecified atom stereocenters. The zero-order valence-corrected chi connectivity index (χ0v) is 18.4. The van der Waals surface area contributed by atoms with Crippen molar-refractivity contribution in [3.05, 3.63) is 47.0 Å². The predicted octanol–water partition coefficient (Wildman–Crippen LogP) is 2.89. The van der Waals surface area contributed by atoms with Crippen molar-refractivity contribution in [1.82, 2.24) is 15.5 Å². The lowest BCUT2D eigenvalue weighted by Crippen LogP contribution is -2.26. The maximum absolute atomic E-state index is 12.4. The number of aromatic amines is 1. The topological polar surface area (TPSA) is 126 Å². The Morgan fingerprint density at radius 1 is 1.25 bits per heavy atom. The van der Waals surface area contributed by atoms with Crippen molar-refractivity contribution in [1.29, 1.82) is 0 Å². The SMILES string of the molecule is CS(=O)(=O)Nc1cc(C(O)CNCCOc2ccc3c(OC(F)F)n[nH]c3c2)ccc1Cl. The first-order valence-electron chi connectivity index (χ1n) is 9.34. The number of halogens is 3. The second kappa shape index (κ2) is 10.3. The van der Waals surface area contributed by atoms with E-state index in [1.807, 2.05) is 0 Å². The molecule has 13 heteroatoms. The van der Waals surface area contributed by atoms with Gasteiger partial charge in [0.2, 0.25) is 15.9 Å². The Hall–Kier alpha value is -2.67. The van der Waals surface area contributed by atoms with E-state index in [-0.39, 0.29) is 29.7 Å². The van der Waals surface area contributed by atoms with E-state index in [0.29, 0.717) is 28.8 Å². The van der Waals surface area contributed by atoms with E-state index in [2.05, 4.69) is 25.0 Å². The average molecular weight is 491 g/mol. The van der Waals surface area contributed by atoms with Crippen LogP contribution in [0.1, 0.15) is 11.7 Å². The number of aromatic nitrogens is 2. The van der Waals surface area contributed by atoms with Crippen LogP contribution < -0.4 is 19.5 Å². The van der Waals surface area contributed by atoms with Gasteiger partial charge in [0.15, 0.2) is 0 Å². The second-order valence-electron chi connectivity index (χ2n) is 6.80. The molecule has 1 aromatic heterocycles. The minimum Gasteiger partial charge on any atom is -0.492 e. The number of hydrogen-bond donors (Lipinski definition) is 4. The van der Waals surface area contributed by atoms with Crippen molar-refractivity contribution in [3.63, 3.8) is 0 Å². The van der Waals surface area contributed by atoms with Crippen LogP contribution in [0.15, 0.2) is 36.4 Å². The molecule has 4 N–H and O–H groups in total. The third-order valence-electron chi connectivity index (χ3n) is 4.26. The molecule has 0 aliphatic heterocycles. The highest BCUT2D eigenvalue weighted by atomic mass is 35.5. The lowest BCUT2D eigenvalue weighted by atomic mass is 10.1. The number of nitrogens with zero attached hydrogens (tertiary/aromatic N) is 1. The fourth-order valence-electron chi connectivity index (χ4n) is 2.86. The van der Waals surface area contributed by atoms with Crippen molar-refractivity contribution < 1.29 is 31.8 Å². The molecular weight excluding hydrogens is 470 g/mol. The standard InChI is InChI=1S/C19H21ClF2N4O5S/c1-32(28,29)26-16-8-11(2-5-14(16)20)17(27)10-23-6-7-30-12-3-4-13-15(9-12)24-25-18(13)31-19(21)22/h2-5,8-9,17,19,23,26-27H,6-7,10H2,1H3,(H,24,25). The molecule has 0 fully saturated rings. The van der Waals surface area contributed by atoms with Gasteiger partial charge in [-0.1, -0.05) is 17.7 Å². The van der Waals surface area contributed by atoms with Crippen molar-refractivity contribution in [2.75, 3.05) is 30.7 Å². The number of benzene rings is 2. The van der Waals surface area contributed by atoms with Crippen molar-refractivity contribution in [2.45, 2.75) is 12.7 Å². The van der Waals surface area contributed by atoms with Gasteiger partial charge in [0.25, 0.3) is 0 Å². The van der Waals surface area contributed by atoms with Crippen LogP contribution in [-0.4, -0.2) is 56.3 Å². The van der Waals surface area contributed by atoms with Crippen LogP contribution in [0.2, 0.25) is 5.02 Å². The van der Waals surface area contributed by atoms with Crippen molar-refractivity contribution in [2.24, 2.45) is 0 Å². The molecular formula is C19H21ClF2N4O5S. The Kier molecular flexibility index (Phi) is 7.72. The summed E-state index contributed by atoms with van der Waals surface area (Å²) in [5, 5.41) is 20.3. The fourth-order valence-corrected chi connectivity index (χ4v) is 3.65. The maximum atomic E-state index is 12.4. The average Bonchev–Trinajstić information content (AvgIpc) is 3.09. The summed E-state index contributed by atoms with van der Waals surface area (Å²) in [5.41, 5.74) is 1.16. The van der Waals surface area contributed by atoms with Gasteiger partial charge >= 0.3 is 6.61 Å². The van der Waals surface area contributed by atoms with E-state index in [0.717, 1.165) is 6.26 Å². The summed E-state index contributed by atoms with van der Waals surface area (Å²) in [6.45, 7) is -2.10. The zero-order chi connectivity index (χ0) is 23.3. The number of H-pyrrole nitrogens is 1. The minimum absolute atomic E-state index is 0.186. The molecule has 0 aliphatic rings. The molecule has 0 bridgehead atoms. The van der Waals surface area contributed by atoms with Crippen LogP contribution in [0.25, 0.3) is 10.9 Å². The van der Waals surface area contributed by atoms with Crippen LogP contribution in [0.5, 0.6) is 11.6 Å². The van der Waals surface area contributed by atoms with Crippen LogP contribution >= 0.6 is 11.6 Å². The number of anilines is 1. The second-order valence-corrected chi connectivity index (χ2v) is 8.95. The predicted molar refractivity (Wildman–Crippen MR) is 116 cm³/mol. The van der Waals surface area contributed by atoms with E-state index < -0.39 is 22.7 Å². The molecule has 0 saturated carbocycles. The summed E-state index contributed by atoms with van der Waals surface area (Å²) >= 11 is 5.98. The summed E-state index contributed by atoms with van der Waals surface area (Å²) in [6.07, 6.45) is 0.107. The maximum Gasteiger partial charge on any atom is 0.388 e. The summed E-state index contributed by atoms with van der Waals surface area (Å²) < 4.78 is 59.8. The largest absolute Gasteiger partial charge is 0.492 e. The number of aliphatic hydroxyl groups excluding tert-OH is 1. The van der Waals surface area contributed by atoms with Gasteiger partial charge in [-0.15, -0.1) is 5.10 Å². The Bertz CT molecular complexity index is 1180. The van der Waals surface area contributed by atoms with Crippen molar-refractivity contribution >= 4 is 38.2 Å². The van der Waals surface area contributed by atoms with E-state index >= 15 is 0 Å². The number of ether oxygens (including phenoxy) is 2. The Morgan fingerprint density at radius 2 is 2.03 bits per heavy atom. The molecule has 0 saturated heterocycles. The first-order chi connectivity index (χ1) is 15.1. The Labute approximate surface area is 187 Å². The first-order valence-corrected chi connectivity index (χ1v) is 11.6. The smallest absolute Gasteiger partial charge is 0.388 e. The third-order valence-corrected chi connectivity index (χ3v) is 5.18. The highest BCUT2D eigenvalue weighted by Crippen LogP contribution is 2.28. The monoisotopic (exact) mass is 490 g/mol. The lowest BCUT2D eigenvalue weighted by Gasteiger charge is -2.15. The summed E-state index contributed by atoms with van der Waals surface area (Å²) in [5.74, 6) is 0.315. The molecule has 0 radical (unpaired) electrons. The third kappa shape index (κ3) is 6.66. The molecule has 9 nitrogen and oxygen atoms in total. The van der Waals surface area contributed by atoms with Crippen LogP contribution in [0.3, 0.4) is 0 Å². The fraction of sp³-hybridized carbons (Fsp3) is 0.316. The molecule has 32 heavy (non-hydrogen) atoms. The van der Waals surface area contributed by atoms with Crippen LogP contribution in [0, 0.1) is 0 Å². The van der Waals surface area contributed by atoms with Crippen molar-refractivity contribution in [3.8, 4) is 11.6 Å². The van der Waals surface area contributed by atoms with Gasteiger partial charge in [-0.3, -0.25) is 9.82 Å². The Morgan fingerprint density at radius 3 is 2.75 bits per heavy atom. The molecule has 0 aliphatic carbocycles. The van der Waals surface area contributed by atoms with Gasteiger partial charge in [-0.25, -0.2) is 8.42 Å². The summed E-state index contributed by atoms with van der Waals surface area (Å²) in [6, 6.07) is 9.35. The van der Waals surface area contributed by atoms with E-state index in [9.17, 15) is 22.3 Å². The van der Waals surface area contributed by atoms with Gasteiger partial charge in [-0.2, -0.15) is 8.78 Å². The number of aliphatic hydroxyl groups is 1. The lowest BCUT2D eigenvalue weighted by molar-refractivity contribution is -0.0518. The highest BCUT2D eigenvalue weighted by Gasteiger charge is 2.14. The van der Waals surface area contributed by atoms with Gasteiger partial charge in [0.1, 0.15) is 12.4 Å². The minimum atomic E-state index is -3.51. The summed E-state index contributed by atoms with van der Waals surface area (Å²) in [4.78, 5) is 0. The highest BCUT2D eigenvalue weighted by molar-refractivity contribution is 7.92. The normalized spacial score (nSPS) is 12.8. The molecule has 1 atom stereocenters. The number of sulfonamides is 1. The van der Waals surface area contributed by atoms with Crippen LogP contribution in [0.4, 0.5) is 14.5 Å². The molecule has 2 aromatic carbocycles. The Balaban J connectivity index is 1.48. The summed E-state index contributed by atoms with van der Waals surface area (Å²) in [7, 11) is -3.51. The van der Waals surface area contributed by atoms with Crippen LogP contribution in [-0.2, 0) is 10.0 Å². The number of rotatable bonds is 11. The molecule has 3 aromatic rings. The number of nitrogens with one attached hydrogen (secondary N) is 3. The first kappa shape index (κ1) is 24.0. The van der Waals surface area contributed by atoms with Gasteiger partial charge < -0.3 is 19.9 Å². The number of fused-ring (bicyclic) bond motifs is 1. The molecule has 0 spiro atoms. The molecule has 0 amide bonds. The molecule has 1 heterocycles. The quantitative estimate of drug-likeness (QED) is 0.304. The molecule has 3 rings (SSSR count). The number of hydrogen-bond acceptors (Lipinski definition) is 7. The zero-order valence-electron chi connectivity index (χ0n) is 16.8. The van der Waals surface area contributed by atoms with E-state index in [4.69, 9.17) is 16.3 Å². The van der Waals surface area contributed by atoms with Gasteiger partial charge in [0, 0.05) is 19.2 Å². The van der Waals surface area contributed by atoms with Gasteiger partial charge in [0.05, 0.1) is 34.0 Å². The number of alkyl halides is 2. The molecule has 174 valence electrons.